The van der Waals surface area contributed by atoms with Gasteiger partial charge in [0.05, 0.1) is 0 Å². The minimum Gasteiger partial charge on any atom is -0.0986 e. The van der Waals surface area contributed by atoms with E-state index in [0.29, 0.717) is 0 Å². The molecule has 0 aliphatic rings. The first-order chi connectivity index (χ1) is 3.35. The van der Waals surface area contributed by atoms with Crippen molar-refractivity contribution in [1.82, 2.24) is 0 Å². The molecule has 1 heteroatoms. The fourth-order valence-electron chi connectivity index (χ4n) is 0.482. The van der Waals surface area contributed by atoms with Gasteiger partial charge in [0.2, 0.25) is 0 Å². The summed E-state index contributed by atoms with van der Waals surface area (Å²) >= 11 is 0. The van der Waals surface area contributed by atoms with E-state index in [-0.39, 0.29) is 7.92 Å². The summed E-state index contributed by atoms with van der Waals surface area (Å²) in [6.07, 6.45) is 2.60. The van der Waals surface area contributed by atoms with E-state index < -0.39 is 0 Å². The van der Waals surface area contributed by atoms with Crippen LogP contribution in [0.1, 0.15) is 13.8 Å². The Morgan fingerprint density at radius 1 is 1.43 bits per heavy atom. The van der Waals surface area contributed by atoms with Gasteiger partial charge in [-0.15, -0.1) is 0 Å². The van der Waals surface area contributed by atoms with Crippen LogP contribution in [0.15, 0.2) is 12.4 Å². The highest BCUT2D eigenvalue weighted by Crippen LogP contribution is 2.34. The lowest BCUT2D eigenvalue weighted by Gasteiger charge is -2.02. The second kappa shape index (κ2) is 4.33. The van der Waals surface area contributed by atoms with Gasteiger partial charge in [-0.3, -0.25) is 0 Å². The largest absolute Gasteiger partial charge is 0.0986 e. The molecule has 0 aliphatic carbocycles. The van der Waals surface area contributed by atoms with Gasteiger partial charge in [-0.2, -0.15) is 0 Å². The minimum absolute atomic E-state index is 0.210. The molecule has 0 rings (SSSR count). The molecule has 0 fully saturated rings. The highest BCUT2D eigenvalue weighted by molar-refractivity contribution is 7.60. The lowest BCUT2D eigenvalue weighted by atomic mass is 11.0. The standard InChI is InChI=1S/C6H13P/c1-4-7(5-2)6-3/h4H,1,5-6H2,2-3H3. The van der Waals surface area contributed by atoms with Gasteiger partial charge in [-0.25, -0.2) is 0 Å². The summed E-state index contributed by atoms with van der Waals surface area (Å²) in [7, 11) is 0.210. The Bertz CT molecular complexity index is 46.1. The highest BCUT2D eigenvalue weighted by atomic mass is 31.1. The van der Waals surface area contributed by atoms with Gasteiger partial charge in [-0.1, -0.05) is 34.2 Å². The predicted molar refractivity (Wildman–Crippen MR) is 38.2 cm³/mol. The van der Waals surface area contributed by atoms with Gasteiger partial charge < -0.3 is 0 Å². The summed E-state index contributed by atoms with van der Waals surface area (Å²) in [5, 5.41) is 0. The molecule has 0 saturated heterocycles. The molecule has 0 aromatic carbocycles. The molecule has 0 saturated carbocycles. The maximum absolute atomic E-state index is 3.73. The van der Waals surface area contributed by atoms with Crippen LogP contribution in [0.5, 0.6) is 0 Å². The van der Waals surface area contributed by atoms with Gasteiger partial charge in [0.25, 0.3) is 0 Å². The summed E-state index contributed by atoms with van der Waals surface area (Å²) in [6, 6.07) is 0. The molecule has 0 atom stereocenters. The third-order valence-corrected chi connectivity index (χ3v) is 3.21. The van der Waals surface area contributed by atoms with Crippen LogP contribution < -0.4 is 0 Å². The van der Waals surface area contributed by atoms with Crippen LogP contribution in [0.3, 0.4) is 0 Å². The van der Waals surface area contributed by atoms with Crippen LogP contribution in [0.2, 0.25) is 0 Å². The summed E-state index contributed by atoms with van der Waals surface area (Å²) in [5.74, 6) is 2.09. The van der Waals surface area contributed by atoms with Crippen molar-refractivity contribution in [3.63, 3.8) is 0 Å². The van der Waals surface area contributed by atoms with E-state index in [2.05, 4.69) is 26.2 Å². The predicted octanol–water partition coefficient (Wildman–Crippen LogP) is 2.65. The van der Waals surface area contributed by atoms with Crippen LogP contribution in [-0.2, 0) is 0 Å². The molecule has 0 bridgehead atoms. The van der Waals surface area contributed by atoms with Crippen LogP contribution in [-0.4, -0.2) is 12.3 Å². The average molecular weight is 116 g/mol. The van der Waals surface area contributed by atoms with E-state index in [4.69, 9.17) is 0 Å². The normalized spacial score (nSPS) is 9.57. The molecule has 42 valence electrons. The topological polar surface area (TPSA) is 0 Å². The SMILES string of the molecule is C=CP(CC)CC. The van der Waals surface area contributed by atoms with Gasteiger partial charge in [-0.05, 0) is 12.3 Å². The Hall–Kier alpha value is 0.170. The monoisotopic (exact) mass is 116 g/mol. The van der Waals surface area contributed by atoms with Crippen LogP contribution >= 0.6 is 7.92 Å². The van der Waals surface area contributed by atoms with Crippen molar-refractivity contribution in [2.45, 2.75) is 13.8 Å². The van der Waals surface area contributed by atoms with Crippen molar-refractivity contribution in [3.05, 3.63) is 12.4 Å². The lowest BCUT2D eigenvalue weighted by molar-refractivity contribution is 1.42. The fraction of sp³-hybridized carbons (Fsp3) is 0.667. The molecule has 0 aliphatic heterocycles. The molecule has 0 spiro atoms. The Morgan fingerprint density at radius 3 is 1.86 bits per heavy atom. The van der Waals surface area contributed by atoms with Gasteiger partial charge >= 0.3 is 0 Å². The van der Waals surface area contributed by atoms with Gasteiger partial charge in [0.1, 0.15) is 0 Å². The first kappa shape index (κ1) is 7.17. The third-order valence-electron chi connectivity index (χ3n) is 1.07. The van der Waals surface area contributed by atoms with Crippen molar-refractivity contribution < 1.29 is 0 Å². The molecule has 7 heavy (non-hydrogen) atoms. The van der Waals surface area contributed by atoms with Crippen LogP contribution in [0.25, 0.3) is 0 Å². The maximum Gasteiger partial charge on any atom is -0.0320 e. The molecule has 0 radical (unpaired) electrons. The molecule has 0 aromatic rings. The Balaban J connectivity index is 3.16. The zero-order chi connectivity index (χ0) is 5.70. The third kappa shape index (κ3) is 2.82. The molecular weight excluding hydrogens is 103 g/mol. The Labute approximate surface area is 47.4 Å². The van der Waals surface area contributed by atoms with E-state index in [9.17, 15) is 0 Å². The van der Waals surface area contributed by atoms with E-state index in [0.717, 1.165) is 0 Å². The number of hydrogen-bond donors (Lipinski definition) is 0. The number of rotatable bonds is 3. The van der Waals surface area contributed by atoms with Crippen molar-refractivity contribution in [1.29, 1.82) is 0 Å². The summed E-state index contributed by atoms with van der Waals surface area (Å²) in [5.41, 5.74) is 0. The number of hydrogen-bond acceptors (Lipinski definition) is 0. The zero-order valence-corrected chi connectivity index (χ0v) is 6.04. The molecule has 0 unspecified atom stereocenters. The summed E-state index contributed by atoms with van der Waals surface area (Å²) in [4.78, 5) is 0. The molecule has 0 amide bonds. The quantitative estimate of drug-likeness (QED) is 0.497. The highest BCUT2D eigenvalue weighted by Gasteiger charge is 1.90. The molecule has 0 nitrogen and oxygen atoms in total. The Morgan fingerprint density at radius 2 is 1.86 bits per heavy atom. The molecule has 0 aromatic heterocycles. The van der Waals surface area contributed by atoms with E-state index >= 15 is 0 Å². The molecule has 0 heterocycles. The van der Waals surface area contributed by atoms with Gasteiger partial charge in [0, 0.05) is 0 Å². The van der Waals surface area contributed by atoms with E-state index in [1.54, 1.807) is 0 Å². The Kier molecular flexibility index (Phi) is 4.44. The maximum atomic E-state index is 3.73. The average Bonchev–Trinajstić information content (AvgIpc) is 1.72. The van der Waals surface area contributed by atoms with Crippen LogP contribution in [0.4, 0.5) is 0 Å². The second-order valence-corrected chi connectivity index (χ2v) is 4.21. The van der Waals surface area contributed by atoms with Gasteiger partial charge in [0.15, 0.2) is 0 Å². The van der Waals surface area contributed by atoms with Crippen molar-refractivity contribution in [2.75, 3.05) is 12.3 Å². The first-order valence-corrected chi connectivity index (χ1v) is 4.49. The van der Waals surface area contributed by atoms with Crippen LogP contribution in [0, 0.1) is 0 Å². The smallest absolute Gasteiger partial charge is 0.0320 e. The second-order valence-electron chi connectivity index (χ2n) is 1.40. The first-order valence-electron chi connectivity index (χ1n) is 2.71. The fourth-order valence-corrected chi connectivity index (χ4v) is 1.45. The minimum atomic E-state index is 0.210. The molecular formula is C6H13P. The zero-order valence-electron chi connectivity index (χ0n) is 5.15. The summed E-state index contributed by atoms with van der Waals surface area (Å²) < 4.78 is 0. The van der Waals surface area contributed by atoms with Crippen molar-refractivity contribution in [3.8, 4) is 0 Å². The van der Waals surface area contributed by atoms with E-state index in [1.807, 2.05) is 0 Å². The van der Waals surface area contributed by atoms with Crippen molar-refractivity contribution in [2.24, 2.45) is 0 Å². The summed E-state index contributed by atoms with van der Waals surface area (Å²) in [6.45, 7) is 8.17. The lowest BCUT2D eigenvalue weighted by Crippen LogP contribution is -1.74. The molecule has 0 N–H and O–H groups in total. The van der Waals surface area contributed by atoms with Crippen molar-refractivity contribution >= 4 is 7.92 Å². The van der Waals surface area contributed by atoms with E-state index in [1.165, 1.54) is 12.3 Å².